The van der Waals surface area contributed by atoms with Gasteiger partial charge in [0.2, 0.25) is 0 Å². The Morgan fingerprint density at radius 2 is 2.14 bits per heavy atom. The molecule has 0 aliphatic carbocycles. The van der Waals surface area contributed by atoms with Crippen LogP contribution in [0.25, 0.3) is 11.3 Å². The fourth-order valence-electron chi connectivity index (χ4n) is 1.71. The van der Waals surface area contributed by atoms with Crippen LogP contribution in [0.1, 0.15) is 16.1 Å². The van der Waals surface area contributed by atoms with E-state index in [1.165, 1.54) is 12.4 Å². The Morgan fingerprint density at radius 1 is 1.38 bits per heavy atom. The van der Waals surface area contributed by atoms with Gasteiger partial charge >= 0.3 is 5.97 Å². The number of carboxylic acids is 1. The number of carbonyl (C=O) groups is 1. The second kappa shape index (κ2) is 6.57. The van der Waals surface area contributed by atoms with Crippen LogP contribution in [0.15, 0.2) is 42.2 Å². The number of carboxylic acid groups (broad SMARTS) is 1. The molecule has 6 heteroatoms. The molecule has 0 unspecified atom stereocenters. The van der Waals surface area contributed by atoms with E-state index in [0.29, 0.717) is 5.69 Å². The molecule has 0 fully saturated rings. The Morgan fingerprint density at radius 3 is 2.81 bits per heavy atom. The van der Waals surface area contributed by atoms with Gasteiger partial charge in [-0.25, -0.2) is 14.8 Å². The third kappa shape index (κ3) is 3.52. The molecule has 1 aromatic heterocycles. The van der Waals surface area contributed by atoms with E-state index in [4.69, 9.17) is 5.11 Å². The summed E-state index contributed by atoms with van der Waals surface area (Å²) in [6.45, 7) is 5.58. The van der Waals surface area contributed by atoms with Gasteiger partial charge in [-0.1, -0.05) is 12.7 Å². The van der Waals surface area contributed by atoms with E-state index in [0.717, 1.165) is 20.4 Å². The van der Waals surface area contributed by atoms with E-state index in [2.05, 4.69) is 44.1 Å². The molecule has 21 heavy (non-hydrogen) atoms. The minimum Gasteiger partial charge on any atom is -0.477 e. The van der Waals surface area contributed by atoms with Crippen LogP contribution in [0.3, 0.4) is 0 Å². The van der Waals surface area contributed by atoms with E-state index in [1.54, 1.807) is 12.3 Å². The highest BCUT2D eigenvalue weighted by atomic mass is 127. The van der Waals surface area contributed by atoms with Crippen LogP contribution < -0.4 is 0 Å². The molecule has 0 aliphatic rings. The maximum Gasteiger partial charge on any atom is 0.354 e. The van der Waals surface area contributed by atoms with Crippen molar-refractivity contribution in [3.8, 4) is 11.3 Å². The van der Waals surface area contributed by atoms with Gasteiger partial charge in [-0.15, -0.1) is 0 Å². The quantitative estimate of drug-likeness (QED) is 0.636. The molecular weight excluding hydrogens is 381 g/mol. The summed E-state index contributed by atoms with van der Waals surface area (Å²) in [6, 6.07) is 5.26. The number of benzene rings is 1. The van der Waals surface area contributed by atoms with Crippen LogP contribution >= 0.6 is 22.6 Å². The first-order valence-corrected chi connectivity index (χ1v) is 7.11. The van der Waals surface area contributed by atoms with Crippen molar-refractivity contribution in [1.29, 1.82) is 0 Å². The second-order valence-corrected chi connectivity index (χ2v) is 5.37. The predicted octanol–water partition coefficient (Wildman–Crippen LogP) is 3.64. The lowest BCUT2D eigenvalue weighted by molar-refractivity contribution is 0.0690. The Balaban J connectivity index is 2.56. The van der Waals surface area contributed by atoms with Crippen molar-refractivity contribution in [2.75, 3.05) is 0 Å². The van der Waals surface area contributed by atoms with Gasteiger partial charge in [0.25, 0.3) is 0 Å². The normalized spacial score (nSPS) is 10.8. The van der Waals surface area contributed by atoms with E-state index in [9.17, 15) is 4.79 Å². The number of aromatic nitrogens is 2. The zero-order chi connectivity index (χ0) is 15.4. The van der Waals surface area contributed by atoms with E-state index in [-0.39, 0.29) is 5.69 Å². The van der Waals surface area contributed by atoms with Crippen LogP contribution in [0, 0.1) is 10.5 Å². The summed E-state index contributed by atoms with van der Waals surface area (Å²) in [5, 5.41) is 9.00. The number of hydrogen-bond donors (Lipinski definition) is 1. The summed E-state index contributed by atoms with van der Waals surface area (Å²) in [4.78, 5) is 23.2. The SMILES string of the molecule is C=C/C=N\c1cc(-c2cc(C(=O)O)ncn2)cc(I)c1C. The molecule has 0 radical (unpaired) electrons. The number of aromatic carboxylic acids is 1. The minimum atomic E-state index is -1.08. The number of aliphatic imine (C=N–C) groups is 1. The summed E-state index contributed by atoms with van der Waals surface area (Å²) in [5.41, 5.74) is 3.16. The first-order chi connectivity index (χ1) is 10.0. The van der Waals surface area contributed by atoms with Crippen molar-refractivity contribution in [3.63, 3.8) is 0 Å². The molecule has 0 amide bonds. The van der Waals surface area contributed by atoms with Gasteiger partial charge in [0.1, 0.15) is 6.33 Å². The topological polar surface area (TPSA) is 75.4 Å². The minimum absolute atomic E-state index is 0.0354. The van der Waals surface area contributed by atoms with Crippen LogP contribution in [-0.4, -0.2) is 27.3 Å². The molecule has 2 aromatic rings. The largest absolute Gasteiger partial charge is 0.477 e. The third-order valence-corrected chi connectivity index (χ3v) is 3.94. The van der Waals surface area contributed by atoms with E-state index in [1.807, 2.05) is 19.1 Å². The molecule has 0 atom stereocenters. The lowest BCUT2D eigenvalue weighted by atomic mass is 10.1. The van der Waals surface area contributed by atoms with Crippen molar-refractivity contribution in [2.45, 2.75) is 6.92 Å². The molecule has 2 rings (SSSR count). The number of nitrogens with zero attached hydrogens (tertiary/aromatic N) is 3. The van der Waals surface area contributed by atoms with Gasteiger partial charge in [0, 0.05) is 15.3 Å². The summed E-state index contributed by atoms with van der Waals surface area (Å²) >= 11 is 2.22. The van der Waals surface area contributed by atoms with Gasteiger partial charge in [0.15, 0.2) is 5.69 Å². The third-order valence-electron chi connectivity index (χ3n) is 2.82. The van der Waals surface area contributed by atoms with Crippen molar-refractivity contribution >= 4 is 40.5 Å². The molecule has 0 saturated heterocycles. The maximum absolute atomic E-state index is 11.0. The standard InChI is InChI=1S/C15H12IN3O2/c1-3-4-17-12-6-10(5-11(16)9(12)2)13-7-14(15(20)21)19-8-18-13/h3-8H,1H2,2H3,(H,20,21)/b17-4-. The zero-order valence-electron chi connectivity index (χ0n) is 11.2. The molecular formula is C15H12IN3O2. The smallest absolute Gasteiger partial charge is 0.354 e. The van der Waals surface area contributed by atoms with Crippen LogP contribution in [0.2, 0.25) is 0 Å². The summed E-state index contributed by atoms with van der Waals surface area (Å²) in [6.07, 6.45) is 4.47. The Bertz CT molecular complexity index is 742. The molecule has 0 bridgehead atoms. The Labute approximate surface area is 135 Å². The summed E-state index contributed by atoms with van der Waals surface area (Å²) < 4.78 is 1.02. The molecule has 1 N–H and O–H groups in total. The summed E-state index contributed by atoms with van der Waals surface area (Å²) in [5.74, 6) is -1.08. The van der Waals surface area contributed by atoms with Crippen molar-refractivity contribution in [1.82, 2.24) is 9.97 Å². The van der Waals surface area contributed by atoms with Crippen molar-refractivity contribution < 1.29 is 9.90 Å². The van der Waals surface area contributed by atoms with Gasteiger partial charge < -0.3 is 5.11 Å². The lowest BCUT2D eigenvalue weighted by Crippen LogP contribution is -2.01. The van der Waals surface area contributed by atoms with Gasteiger partial charge in [-0.05, 0) is 53.3 Å². The average molecular weight is 393 g/mol. The fraction of sp³-hybridized carbons (Fsp3) is 0.0667. The average Bonchev–Trinajstić information content (AvgIpc) is 2.48. The van der Waals surface area contributed by atoms with Gasteiger partial charge in [-0.2, -0.15) is 0 Å². The number of halogens is 1. The van der Waals surface area contributed by atoms with Crippen molar-refractivity contribution in [2.24, 2.45) is 4.99 Å². The lowest BCUT2D eigenvalue weighted by Gasteiger charge is -2.08. The monoisotopic (exact) mass is 393 g/mol. The molecule has 106 valence electrons. The highest BCUT2D eigenvalue weighted by Gasteiger charge is 2.10. The van der Waals surface area contributed by atoms with Crippen LogP contribution in [0.5, 0.6) is 0 Å². The molecule has 1 aromatic carbocycles. The highest BCUT2D eigenvalue weighted by molar-refractivity contribution is 14.1. The maximum atomic E-state index is 11.0. The number of rotatable bonds is 4. The number of allylic oxidation sites excluding steroid dienone is 1. The van der Waals surface area contributed by atoms with E-state index < -0.39 is 5.97 Å². The molecule has 1 heterocycles. The zero-order valence-corrected chi connectivity index (χ0v) is 13.4. The Kier molecular flexibility index (Phi) is 4.79. The second-order valence-electron chi connectivity index (χ2n) is 4.21. The van der Waals surface area contributed by atoms with Crippen LogP contribution in [-0.2, 0) is 0 Å². The predicted molar refractivity (Wildman–Crippen MR) is 90.2 cm³/mol. The van der Waals surface area contributed by atoms with Gasteiger partial charge in [-0.3, -0.25) is 4.99 Å². The van der Waals surface area contributed by atoms with Gasteiger partial charge in [0.05, 0.1) is 11.4 Å². The van der Waals surface area contributed by atoms with E-state index >= 15 is 0 Å². The highest BCUT2D eigenvalue weighted by Crippen LogP contribution is 2.30. The summed E-state index contributed by atoms with van der Waals surface area (Å²) in [7, 11) is 0. The Hall–Kier alpha value is -2.09. The van der Waals surface area contributed by atoms with Crippen LogP contribution in [0.4, 0.5) is 5.69 Å². The molecule has 0 spiro atoms. The molecule has 0 aliphatic heterocycles. The number of hydrogen-bond acceptors (Lipinski definition) is 4. The molecule has 0 saturated carbocycles. The first kappa shape index (κ1) is 15.3. The first-order valence-electron chi connectivity index (χ1n) is 6.04. The fourth-order valence-corrected chi connectivity index (χ4v) is 2.32. The molecule has 5 nitrogen and oxygen atoms in total. The van der Waals surface area contributed by atoms with Crippen molar-refractivity contribution in [3.05, 3.63) is 52.0 Å².